The maximum absolute atomic E-state index is 12.5. The van der Waals surface area contributed by atoms with Crippen molar-refractivity contribution < 1.29 is 13.2 Å². The summed E-state index contributed by atoms with van der Waals surface area (Å²) in [6, 6.07) is 2.84. The van der Waals surface area contributed by atoms with E-state index in [2.05, 4.69) is 10.6 Å². The van der Waals surface area contributed by atoms with E-state index in [1.54, 1.807) is 17.5 Å². The minimum atomic E-state index is -3.56. The van der Waals surface area contributed by atoms with Crippen molar-refractivity contribution in [3.63, 3.8) is 0 Å². The van der Waals surface area contributed by atoms with Crippen LogP contribution in [0.1, 0.15) is 19.8 Å². The molecule has 22 heavy (non-hydrogen) atoms. The minimum Gasteiger partial charge on any atom is -0.353 e. The molecule has 6 nitrogen and oxygen atoms in total. The summed E-state index contributed by atoms with van der Waals surface area (Å²) in [4.78, 5) is 12.3. The minimum absolute atomic E-state index is 0. The Kier molecular flexibility index (Phi) is 7.27. The third-order valence-electron chi connectivity index (χ3n) is 3.64. The van der Waals surface area contributed by atoms with Gasteiger partial charge in [0.25, 0.3) is 10.0 Å². The highest BCUT2D eigenvalue weighted by molar-refractivity contribution is 7.91. The Morgan fingerprint density at radius 1 is 1.55 bits per heavy atom. The zero-order valence-electron chi connectivity index (χ0n) is 12.6. The molecule has 1 aliphatic rings. The summed E-state index contributed by atoms with van der Waals surface area (Å²) in [5, 5.41) is 7.58. The summed E-state index contributed by atoms with van der Waals surface area (Å²) in [5.74, 6) is -0.213. The van der Waals surface area contributed by atoms with Crippen LogP contribution in [-0.4, -0.2) is 50.9 Å². The van der Waals surface area contributed by atoms with Gasteiger partial charge in [0.2, 0.25) is 5.91 Å². The van der Waals surface area contributed by atoms with E-state index in [-0.39, 0.29) is 24.4 Å². The lowest BCUT2D eigenvalue weighted by Crippen LogP contribution is -2.48. The van der Waals surface area contributed by atoms with Crippen molar-refractivity contribution in [2.45, 2.75) is 36.1 Å². The molecular formula is C13H22ClN3O3S2. The lowest BCUT2D eigenvalue weighted by molar-refractivity contribution is -0.124. The molecule has 0 spiro atoms. The molecule has 2 atom stereocenters. The Morgan fingerprint density at radius 3 is 2.86 bits per heavy atom. The summed E-state index contributed by atoms with van der Waals surface area (Å²) in [7, 11) is -1.74. The van der Waals surface area contributed by atoms with Gasteiger partial charge in [-0.25, -0.2) is 8.42 Å². The third kappa shape index (κ3) is 4.20. The second kappa shape index (κ2) is 8.26. The number of thiophene rings is 1. The fraction of sp³-hybridized carbons (Fsp3) is 0.615. The number of hydrogen-bond donors (Lipinski definition) is 2. The normalized spacial score (nSPS) is 20.4. The number of nitrogens with one attached hydrogen (secondary N) is 2. The molecule has 2 N–H and O–H groups in total. The first-order valence-corrected chi connectivity index (χ1v) is 9.29. The maximum Gasteiger partial charge on any atom is 0.253 e. The molecule has 2 rings (SSSR count). The summed E-state index contributed by atoms with van der Waals surface area (Å²) in [6.45, 7) is 2.84. The predicted molar refractivity (Wildman–Crippen MR) is 90.0 cm³/mol. The second-order valence-corrected chi connectivity index (χ2v) is 8.21. The number of likely N-dealkylation sites (N-methyl/N-ethyl adjacent to an activating group) is 1. The first kappa shape index (κ1) is 19.4. The van der Waals surface area contributed by atoms with Gasteiger partial charge in [0, 0.05) is 19.1 Å². The maximum atomic E-state index is 12.5. The molecule has 1 amide bonds. The smallest absolute Gasteiger partial charge is 0.253 e. The van der Waals surface area contributed by atoms with Gasteiger partial charge >= 0.3 is 0 Å². The van der Waals surface area contributed by atoms with Gasteiger partial charge in [-0.15, -0.1) is 23.7 Å². The predicted octanol–water partition coefficient (Wildman–Crippen LogP) is 1.05. The quantitative estimate of drug-likeness (QED) is 0.787. The molecule has 1 aromatic rings. The van der Waals surface area contributed by atoms with E-state index in [0.29, 0.717) is 30.1 Å². The SMILES string of the molecule is CNC(C)CNC(=O)C1CCCN1S(=O)(=O)c1cccs1.Cl. The van der Waals surface area contributed by atoms with E-state index in [1.165, 1.54) is 15.6 Å². The molecule has 1 saturated heterocycles. The molecule has 0 saturated carbocycles. The molecule has 1 aliphatic heterocycles. The number of amides is 1. The fourth-order valence-corrected chi connectivity index (χ4v) is 5.07. The van der Waals surface area contributed by atoms with Gasteiger partial charge < -0.3 is 10.6 Å². The van der Waals surface area contributed by atoms with Crippen LogP contribution in [0.2, 0.25) is 0 Å². The monoisotopic (exact) mass is 367 g/mol. The standard InChI is InChI=1S/C13H21N3O3S2.ClH/c1-10(14-2)9-15-13(17)11-5-3-7-16(11)21(18,19)12-6-4-8-20-12;/h4,6,8,10-11,14H,3,5,7,9H2,1-2H3,(H,15,17);1H. The molecule has 0 aromatic carbocycles. The van der Waals surface area contributed by atoms with Crippen LogP contribution in [0.15, 0.2) is 21.7 Å². The number of rotatable bonds is 6. The fourth-order valence-electron chi connectivity index (χ4n) is 2.29. The van der Waals surface area contributed by atoms with Crippen LogP contribution in [0.5, 0.6) is 0 Å². The van der Waals surface area contributed by atoms with Gasteiger partial charge in [-0.1, -0.05) is 6.07 Å². The number of nitrogens with zero attached hydrogens (tertiary/aromatic N) is 1. The van der Waals surface area contributed by atoms with E-state index in [4.69, 9.17) is 0 Å². The van der Waals surface area contributed by atoms with Crippen LogP contribution in [0.25, 0.3) is 0 Å². The number of halogens is 1. The lowest BCUT2D eigenvalue weighted by atomic mass is 10.2. The Bertz CT molecular complexity index is 577. The van der Waals surface area contributed by atoms with Crippen LogP contribution >= 0.6 is 23.7 Å². The van der Waals surface area contributed by atoms with Gasteiger partial charge in [0.05, 0.1) is 0 Å². The first-order valence-electron chi connectivity index (χ1n) is 6.97. The molecule has 0 aliphatic carbocycles. The molecule has 2 heterocycles. The summed E-state index contributed by atoms with van der Waals surface area (Å²) in [5.41, 5.74) is 0. The highest BCUT2D eigenvalue weighted by Gasteiger charge is 2.39. The summed E-state index contributed by atoms with van der Waals surface area (Å²) >= 11 is 1.18. The van der Waals surface area contributed by atoms with Gasteiger partial charge in [-0.2, -0.15) is 4.31 Å². The zero-order chi connectivity index (χ0) is 15.5. The van der Waals surface area contributed by atoms with E-state index >= 15 is 0 Å². The van der Waals surface area contributed by atoms with Crippen LogP contribution < -0.4 is 10.6 Å². The largest absolute Gasteiger partial charge is 0.353 e. The van der Waals surface area contributed by atoms with Gasteiger partial charge in [0.15, 0.2) is 0 Å². The molecule has 1 fully saturated rings. The van der Waals surface area contributed by atoms with Gasteiger partial charge in [-0.3, -0.25) is 4.79 Å². The molecule has 2 unspecified atom stereocenters. The zero-order valence-corrected chi connectivity index (χ0v) is 15.1. The van der Waals surface area contributed by atoms with Crippen molar-refractivity contribution in [1.29, 1.82) is 0 Å². The van der Waals surface area contributed by atoms with Gasteiger partial charge in [0.1, 0.15) is 10.3 Å². The van der Waals surface area contributed by atoms with Crippen molar-refractivity contribution >= 4 is 39.7 Å². The average Bonchev–Trinajstić information content (AvgIpc) is 3.14. The number of carbonyl (C=O) groups is 1. The Labute approximate surface area is 141 Å². The van der Waals surface area contributed by atoms with Crippen molar-refractivity contribution in [2.75, 3.05) is 20.1 Å². The molecule has 9 heteroatoms. The third-order valence-corrected chi connectivity index (χ3v) is 6.92. The Balaban J connectivity index is 0.00000242. The highest BCUT2D eigenvalue weighted by Crippen LogP contribution is 2.28. The number of sulfonamides is 1. The van der Waals surface area contributed by atoms with Crippen molar-refractivity contribution in [3.05, 3.63) is 17.5 Å². The van der Waals surface area contributed by atoms with Gasteiger partial charge in [-0.05, 0) is 38.3 Å². The number of hydrogen-bond acceptors (Lipinski definition) is 5. The van der Waals surface area contributed by atoms with Crippen molar-refractivity contribution in [1.82, 2.24) is 14.9 Å². The highest BCUT2D eigenvalue weighted by atomic mass is 35.5. The molecule has 1 aromatic heterocycles. The number of carbonyl (C=O) groups excluding carboxylic acids is 1. The van der Waals surface area contributed by atoms with E-state index in [0.717, 1.165) is 0 Å². The van der Waals surface area contributed by atoms with E-state index in [1.807, 2.05) is 14.0 Å². The second-order valence-electron chi connectivity index (χ2n) is 5.14. The van der Waals surface area contributed by atoms with E-state index < -0.39 is 16.1 Å². The summed E-state index contributed by atoms with van der Waals surface area (Å²) in [6.07, 6.45) is 1.29. The van der Waals surface area contributed by atoms with Crippen LogP contribution in [0.3, 0.4) is 0 Å². The molecule has 126 valence electrons. The Morgan fingerprint density at radius 2 is 2.27 bits per heavy atom. The molecular weight excluding hydrogens is 346 g/mol. The van der Waals surface area contributed by atoms with E-state index in [9.17, 15) is 13.2 Å². The van der Waals surface area contributed by atoms with Crippen LogP contribution in [-0.2, 0) is 14.8 Å². The summed E-state index contributed by atoms with van der Waals surface area (Å²) < 4.78 is 26.7. The lowest BCUT2D eigenvalue weighted by Gasteiger charge is -2.23. The van der Waals surface area contributed by atoms with Crippen LogP contribution in [0, 0.1) is 0 Å². The van der Waals surface area contributed by atoms with Crippen molar-refractivity contribution in [3.8, 4) is 0 Å². The molecule has 0 bridgehead atoms. The average molecular weight is 368 g/mol. The first-order chi connectivity index (χ1) is 9.96. The van der Waals surface area contributed by atoms with Crippen LogP contribution in [0.4, 0.5) is 0 Å². The topological polar surface area (TPSA) is 78.5 Å². The Hall–Kier alpha value is -0.670. The van der Waals surface area contributed by atoms with Crippen molar-refractivity contribution in [2.24, 2.45) is 0 Å². The molecule has 0 radical (unpaired) electrons.